The van der Waals surface area contributed by atoms with E-state index in [9.17, 15) is 39.0 Å². The summed E-state index contributed by atoms with van der Waals surface area (Å²) in [4.78, 5) is 77.9. The average molecular weight is 715 g/mol. The van der Waals surface area contributed by atoms with Crippen LogP contribution in [0.1, 0.15) is 54.9 Å². The van der Waals surface area contributed by atoms with Crippen molar-refractivity contribution in [2.24, 2.45) is 23.2 Å². The van der Waals surface area contributed by atoms with Gasteiger partial charge < -0.3 is 43.4 Å². The highest BCUT2D eigenvalue weighted by Gasteiger charge is 2.81. The van der Waals surface area contributed by atoms with Crippen molar-refractivity contribution >= 4 is 47.4 Å². The smallest absolute Gasteiger partial charge is 0.332 e. The summed E-state index contributed by atoms with van der Waals surface area (Å²) >= 11 is 6.79. The van der Waals surface area contributed by atoms with Crippen LogP contribution >= 0.6 is 11.6 Å². The summed E-state index contributed by atoms with van der Waals surface area (Å²) in [6, 6.07) is 0. The normalized spacial score (nSPS) is 40.3. The van der Waals surface area contributed by atoms with Crippen LogP contribution in [0.15, 0.2) is 24.3 Å². The first kappa shape index (κ1) is 38.3. The maximum absolute atomic E-state index is 13.3. The molecule has 49 heavy (non-hydrogen) atoms. The van der Waals surface area contributed by atoms with Crippen LogP contribution in [0.3, 0.4) is 0 Å². The van der Waals surface area contributed by atoms with Gasteiger partial charge in [-0.1, -0.05) is 33.4 Å². The van der Waals surface area contributed by atoms with Crippen molar-refractivity contribution in [1.82, 2.24) is 0 Å². The Morgan fingerprint density at radius 2 is 1.55 bits per heavy atom. The first-order chi connectivity index (χ1) is 22.7. The van der Waals surface area contributed by atoms with E-state index in [0.29, 0.717) is 0 Å². The Balaban J connectivity index is 2.16. The van der Waals surface area contributed by atoms with Crippen molar-refractivity contribution in [2.75, 3.05) is 13.2 Å². The van der Waals surface area contributed by atoms with Crippen molar-refractivity contribution in [2.45, 2.75) is 108 Å². The maximum atomic E-state index is 13.3. The molecule has 15 nitrogen and oxygen atoms in total. The standard InChI is InChI=1S/C33H43ClO15/c1-14(2)11-21(39)48-28-24(44-17(5)36)27(45-18(6)37)31(8)20(47-22(40)12-35)10-9-15(3)23(34)26-33(42,16(4)30(41)49-26)29(46-19(7)38)25(31)32(28)13-43-32/h9-10,14,16,20,23-29,35,42H,3,11-13H2,1-2,4-8H3/b10-9-/t16?,20-,23-,24+,25+,26-,27-,28+,29-,31+,32-,33-/m0/s1. The Morgan fingerprint density at radius 1 is 0.980 bits per heavy atom. The van der Waals surface area contributed by atoms with Crippen LogP contribution < -0.4 is 0 Å². The first-order valence-electron chi connectivity index (χ1n) is 15.8. The average Bonchev–Trinajstić information content (AvgIpc) is 3.75. The number of halogens is 1. The second-order valence-corrected chi connectivity index (χ2v) is 14.1. The molecule has 1 spiro atoms. The second-order valence-electron chi connectivity index (χ2n) is 13.6. The van der Waals surface area contributed by atoms with Gasteiger partial charge in [0, 0.05) is 33.1 Å². The summed E-state index contributed by atoms with van der Waals surface area (Å²) in [5.74, 6) is -8.62. The molecule has 4 rings (SSSR count). The SMILES string of the molecule is C=C1/C=C\[C@H](OC(=O)CO)[C@@]2(C)[C@@H](OC(C)=O)[C@@H](OC(C)=O)[C@@H](OC(=O)CC(C)C)[C@]3(CO3)[C@@H]2[C@H](OC(C)=O)[C@]2(O)C(C)C(=O)O[C@H]2[C@H]1Cl. The molecule has 2 aliphatic carbocycles. The fraction of sp³-hybridized carbons (Fsp3) is 0.697. The van der Waals surface area contributed by atoms with Gasteiger partial charge in [0.2, 0.25) is 0 Å². The molecule has 3 fully saturated rings. The molecular weight excluding hydrogens is 672 g/mol. The Kier molecular flexibility index (Phi) is 10.9. The van der Waals surface area contributed by atoms with Gasteiger partial charge in [0.25, 0.3) is 0 Å². The number of hydrogen-bond acceptors (Lipinski definition) is 15. The lowest BCUT2D eigenvalue weighted by atomic mass is 9.51. The van der Waals surface area contributed by atoms with Gasteiger partial charge in [-0.05, 0) is 24.5 Å². The predicted molar refractivity (Wildman–Crippen MR) is 165 cm³/mol. The molecule has 2 saturated heterocycles. The molecule has 0 aromatic heterocycles. The molecular formula is C33H43ClO15. The number of aliphatic hydroxyl groups is 2. The summed E-state index contributed by atoms with van der Waals surface area (Å²) in [6.45, 7) is 12.1. The van der Waals surface area contributed by atoms with E-state index in [4.69, 9.17) is 44.8 Å². The molecule has 4 aliphatic rings. The molecule has 1 saturated carbocycles. The highest BCUT2D eigenvalue weighted by molar-refractivity contribution is 6.23. The number of fused-ring (bicyclic) bond motifs is 3. The summed E-state index contributed by atoms with van der Waals surface area (Å²) in [5.41, 5.74) is -6.16. The number of allylic oxidation sites excluding steroid dienone is 1. The lowest BCUT2D eigenvalue weighted by Crippen LogP contribution is -2.76. The maximum Gasteiger partial charge on any atom is 0.332 e. The van der Waals surface area contributed by atoms with Crippen molar-refractivity contribution < 1.29 is 72.1 Å². The molecule has 1 unspecified atom stereocenters. The second kappa shape index (κ2) is 14.0. The number of carbonyl (C=O) groups excluding carboxylic acids is 6. The highest BCUT2D eigenvalue weighted by atomic mass is 35.5. The van der Waals surface area contributed by atoms with E-state index >= 15 is 0 Å². The van der Waals surface area contributed by atoms with Crippen molar-refractivity contribution in [3.05, 3.63) is 24.3 Å². The molecule has 2 N–H and O–H groups in total. The lowest BCUT2D eigenvalue weighted by molar-refractivity contribution is -0.281. The quantitative estimate of drug-likeness (QED) is 0.156. The van der Waals surface area contributed by atoms with Gasteiger partial charge in [-0.15, -0.1) is 11.6 Å². The number of hydrogen-bond donors (Lipinski definition) is 2. The third kappa shape index (κ3) is 6.82. The Labute approximate surface area is 288 Å². The van der Waals surface area contributed by atoms with Crippen LogP contribution in [-0.2, 0) is 61.9 Å². The topological polar surface area (TPSA) is 211 Å². The molecule has 16 heteroatoms. The van der Waals surface area contributed by atoms with Crippen molar-refractivity contribution in [1.29, 1.82) is 0 Å². The predicted octanol–water partition coefficient (Wildman–Crippen LogP) is 1.07. The fourth-order valence-electron chi connectivity index (χ4n) is 7.51. The zero-order chi connectivity index (χ0) is 36.8. The van der Waals surface area contributed by atoms with Gasteiger partial charge >= 0.3 is 35.8 Å². The minimum atomic E-state index is -2.47. The van der Waals surface area contributed by atoms with Gasteiger partial charge in [-0.25, -0.2) is 4.79 Å². The van der Waals surface area contributed by atoms with Gasteiger partial charge in [0.05, 0.1) is 23.3 Å². The van der Waals surface area contributed by atoms with Gasteiger partial charge in [-0.2, -0.15) is 0 Å². The number of rotatable bonds is 8. The first-order valence-corrected chi connectivity index (χ1v) is 16.3. The number of aliphatic hydroxyl groups excluding tert-OH is 1. The van der Waals surface area contributed by atoms with E-state index in [1.807, 2.05) is 0 Å². The summed E-state index contributed by atoms with van der Waals surface area (Å²) in [7, 11) is 0. The monoisotopic (exact) mass is 714 g/mol. The molecule has 0 bridgehead atoms. The molecule has 2 aliphatic heterocycles. The molecule has 0 radical (unpaired) electrons. The Hall–Kier alpha value is -3.53. The van der Waals surface area contributed by atoms with Crippen LogP contribution in [0.4, 0.5) is 0 Å². The molecule has 0 aromatic rings. The Morgan fingerprint density at radius 3 is 2.06 bits per heavy atom. The largest absolute Gasteiger partial charge is 0.459 e. The molecule has 272 valence electrons. The molecule has 0 aromatic carbocycles. The zero-order valence-corrected chi connectivity index (χ0v) is 29.1. The fourth-order valence-corrected chi connectivity index (χ4v) is 7.84. The number of ether oxygens (including phenoxy) is 7. The minimum Gasteiger partial charge on any atom is -0.459 e. The summed E-state index contributed by atoms with van der Waals surface area (Å²) in [6.07, 6.45) is -7.35. The Bertz CT molecular complexity index is 1420. The molecule has 12 atom stereocenters. The van der Waals surface area contributed by atoms with E-state index in [1.54, 1.807) is 13.8 Å². The van der Waals surface area contributed by atoms with Crippen LogP contribution in [-0.4, -0.2) is 112 Å². The van der Waals surface area contributed by atoms with Crippen molar-refractivity contribution in [3.8, 4) is 0 Å². The molecule has 0 amide bonds. The zero-order valence-electron chi connectivity index (χ0n) is 28.3. The van der Waals surface area contributed by atoms with Crippen molar-refractivity contribution in [3.63, 3.8) is 0 Å². The number of esters is 6. The number of carbonyl (C=O) groups is 6. The highest BCUT2D eigenvalue weighted by Crippen LogP contribution is 2.63. The number of alkyl halides is 1. The third-order valence-electron chi connectivity index (χ3n) is 9.70. The van der Waals surface area contributed by atoms with E-state index < -0.39 is 113 Å². The van der Waals surface area contributed by atoms with Crippen LogP contribution in [0.25, 0.3) is 0 Å². The third-order valence-corrected chi connectivity index (χ3v) is 10.2. The number of epoxide rings is 1. The minimum absolute atomic E-state index is 0.0647. The van der Waals surface area contributed by atoms with Crippen LogP contribution in [0.5, 0.6) is 0 Å². The van der Waals surface area contributed by atoms with Gasteiger partial charge in [0.1, 0.15) is 24.4 Å². The van der Waals surface area contributed by atoms with Crippen LogP contribution in [0.2, 0.25) is 0 Å². The lowest BCUT2D eigenvalue weighted by Gasteiger charge is -2.59. The van der Waals surface area contributed by atoms with E-state index in [-0.39, 0.29) is 24.5 Å². The van der Waals surface area contributed by atoms with Gasteiger partial charge in [-0.3, -0.25) is 24.0 Å². The van der Waals surface area contributed by atoms with Crippen LogP contribution in [0, 0.1) is 23.2 Å². The van der Waals surface area contributed by atoms with E-state index in [1.165, 1.54) is 26.0 Å². The van der Waals surface area contributed by atoms with E-state index in [2.05, 4.69) is 6.58 Å². The summed E-state index contributed by atoms with van der Waals surface area (Å²) < 4.78 is 41.0. The summed E-state index contributed by atoms with van der Waals surface area (Å²) in [5, 5.41) is 21.2. The van der Waals surface area contributed by atoms with Gasteiger partial charge in [0.15, 0.2) is 30.0 Å². The molecule has 2 heterocycles. The van der Waals surface area contributed by atoms with E-state index in [0.717, 1.165) is 20.8 Å².